The lowest BCUT2D eigenvalue weighted by Gasteiger charge is -2.10. The van der Waals surface area contributed by atoms with E-state index in [-0.39, 0.29) is 5.56 Å². The molecule has 0 bridgehead atoms. The van der Waals surface area contributed by atoms with Gasteiger partial charge >= 0.3 is 0 Å². The van der Waals surface area contributed by atoms with Crippen LogP contribution in [0.2, 0.25) is 0 Å². The standard InChI is InChI=1S/C19H16FN3O2/c20-15-7-3-2-6-14(15)19(24)21-16-8-4-1-5-13(16)11-17-22-18(23-25-17)12-9-10-12/h1-8,12H,9-11H2,(H,21,24). The van der Waals surface area contributed by atoms with Gasteiger partial charge in [-0.25, -0.2) is 4.39 Å². The smallest absolute Gasteiger partial charge is 0.258 e. The van der Waals surface area contributed by atoms with Gasteiger partial charge in [0, 0.05) is 11.6 Å². The summed E-state index contributed by atoms with van der Waals surface area (Å²) in [6.45, 7) is 0. The van der Waals surface area contributed by atoms with Gasteiger partial charge < -0.3 is 9.84 Å². The lowest BCUT2D eigenvalue weighted by molar-refractivity contribution is 0.102. The maximum Gasteiger partial charge on any atom is 0.258 e. The Labute approximate surface area is 143 Å². The molecular formula is C19H16FN3O2. The number of carbonyl (C=O) groups is 1. The van der Waals surface area contributed by atoms with Gasteiger partial charge in [-0.2, -0.15) is 4.98 Å². The van der Waals surface area contributed by atoms with Crippen LogP contribution in [-0.4, -0.2) is 16.0 Å². The van der Waals surface area contributed by atoms with E-state index in [1.54, 1.807) is 18.2 Å². The van der Waals surface area contributed by atoms with E-state index in [2.05, 4.69) is 15.5 Å². The summed E-state index contributed by atoms with van der Waals surface area (Å²) < 4.78 is 19.1. The highest BCUT2D eigenvalue weighted by molar-refractivity contribution is 6.04. The van der Waals surface area contributed by atoms with Gasteiger partial charge in [0.15, 0.2) is 5.82 Å². The normalized spacial score (nSPS) is 13.6. The molecule has 0 saturated heterocycles. The van der Waals surface area contributed by atoms with Crippen LogP contribution in [0.1, 0.15) is 46.4 Å². The van der Waals surface area contributed by atoms with Crippen molar-refractivity contribution in [2.75, 3.05) is 5.32 Å². The fourth-order valence-electron chi connectivity index (χ4n) is 2.64. The van der Waals surface area contributed by atoms with E-state index in [0.29, 0.717) is 23.9 Å². The number of hydrogen-bond acceptors (Lipinski definition) is 4. The third-order valence-electron chi connectivity index (χ3n) is 4.15. The molecule has 4 rings (SSSR count). The summed E-state index contributed by atoms with van der Waals surface area (Å²) in [6, 6.07) is 13.2. The first kappa shape index (κ1) is 15.5. The topological polar surface area (TPSA) is 68.0 Å². The van der Waals surface area contributed by atoms with Crippen molar-refractivity contribution in [1.82, 2.24) is 10.1 Å². The van der Waals surface area contributed by atoms with Crippen LogP contribution in [0.3, 0.4) is 0 Å². The van der Waals surface area contributed by atoms with Crippen LogP contribution in [0.25, 0.3) is 0 Å². The maximum absolute atomic E-state index is 13.8. The third kappa shape index (κ3) is 3.42. The Morgan fingerprint density at radius 3 is 2.72 bits per heavy atom. The van der Waals surface area contributed by atoms with Crippen molar-refractivity contribution in [3.05, 3.63) is 77.2 Å². The van der Waals surface area contributed by atoms with Gasteiger partial charge in [0.2, 0.25) is 5.89 Å². The van der Waals surface area contributed by atoms with Crippen LogP contribution in [0.5, 0.6) is 0 Å². The average Bonchev–Trinajstić information content (AvgIpc) is 3.36. The first-order chi connectivity index (χ1) is 12.2. The average molecular weight is 337 g/mol. The van der Waals surface area contributed by atoms with Crippen LogP contribution < -0.4 is 5.32 Å². The molecule has 1 aliphatic carbocycles. The van der Waals surface area contributed by atoms with Crippen molar-refractivity contribution in [3.63, 3.8) is 0 Å². The van der Waals surface area contributed by atoms with Crippen LogP contribution in [0.15, 0.2) is 53.1 Å². The van der Waals surface area contributed by atoms with E-state index in [4.69, 9.17) is 4.52 Å². The second kappa shape index (κ2) is 6.47. The van der Waals surface area contributed by atoms with E-state index in [0.717, 1.165) is 24.2 Å². The molecule has 1 N–H and O–H groups in total. The molecule has 2 aromatic carbocycles. The lowest BCUT2D eigenvalue weighted by atomic mass is 10.1. The summed E-state index contributed by atoms with van der Waals surface area (Å²) in [5.41, 5.74) is 1.44. The number of nitrogens with zero attached hydrogens (tertiary/aromatic N) is 2. The molecule has 1 saturated carbocycles. The first-order valence-electron chi connectivity index (χ1n) is 8.17. The molecule has 6 heteroatoms. The van der Waals surface area contributed by atoms with Crippen LogP contribution >= 0.6 is 0 Å². The van der Waals surface area contributed by atoms with Crippen molar-refractivity contribution >= 4 is 11.6 Å². The van der Waals surface area contributed by atoms with Gasteiger partial charge in [0.05, 0.1) is 12.0 Å². The predicted octanol–water partition coefficient (Wildman–Crippen LogP) is 3.93. The maximum atomic E-state index is 13.8. The van der Waals surface area contributed by atoms with Gasteiger partial charge in [-0.3, -0.25) is 4.79 Å². The molecule has 0 spiro atoms. The van der Waals surface area contributed by atoms with Crippen molar-refractivity contribution in [3.8, 4) is 0 Å². The van der Waals surface area contributed by atoms with E-state index in [1.807, 2.05) is 18.2 Å². The van der Waals surface area contributed by atoms with Gasteiger partial charge in [0.1, 0.15) is 5.82 Å². The number of para-hydroxylation sites is 1. The predicted molar refractivity (Wildman–Crippen MR) is 89.9 cm³/mol. The van der Waals surface area contributed by atoms with Gasteiger partial charge in [0.25, 0.3) is 5.91 Å². The highest BCUT2D eigenvalue weighted by Gasteiger charge is 2.28. The molecule has 126 valence electrons. The second-order valence-electron chi connectivity index (χ2n) is 6.09. The molecule has 1 aliphatic rings. The molecule has 5 nitrogen and oxygen atoms in total. The van der Waals surface area contributed by atoms with Gasteiger partial charge in [-0.1, -0.05) is 35.5 Å². The molecule has 0 radical (unpaired) electrons. The summed E-state index contributed by atoms with van der Waals surface area (Å²) in [5, 5.41) is 6.76. The minimum absolute atomic E-state index is 0.00566. The summed E-state index contributed by atoms with van der Waals surface area (Å²) in [6.07, 6.45) is 2.62. The Morgan fingerprint density at radius 2 is 1.92 bits per heavy atom. The number of benzene rings is 2. The second-order valence-corrected chi connectivity index (χ2v) is 6.09. The molecule has 25 heavy (non-hydrogen) atoms. The quantitative estimate of drug-likeness (QED) is 0.766. The van der Waals surface area contributed by atoms with Crippen LogP contribution in [-0.2, 0) is 6.42 Å². The Bertz CT molecular complexity index is 918. The van der Waals surface area contributed by atoms with E-state index >= 15 is 0 Å². The number of nitrogens with one attached hydrogen (secondary N) is 1. The third-order valence-corrected chi connectivity index (χ3v) is 4.15. The van der Waals surface area contributed by atoms with Crippen molar-refractivity contribution in [2.24, 2.45) is 0 Å². The first-order valence-corrected chi connectivity index (χ1v) is 8.17. The van der Waals surface area contributed by atoms with Crippen molar-refractivity contribution < 1.29 is 13.7 Å². The molecule has 1 aromatic heterocycles. The summed E-state index contributed by atoms with van der Waals surface area (Å²) in [4.78, 5) is 16.7. The zero-order valence-electron chi connectivity index (χ0n) is 13.4. The number of amides is 1. The minimum Gasteiger partial charge on any atom is -0.339 e. The Hall–Kier alpha value is -3.02. The largest absolute Gasteiger partial charge is 0.339 e. The molecule has 0 atom stereocenters. The molecule has 1 amide bonds. The van der Waals surface area contributed by atoms with Crippen LogP contribution in [0, 0.1) is 5.82 Å². The monoisotopic (exact) mass is 337 g/mol. The van der Waals surface area contributed by atoms with Crippen molar-refractivity contribution in [1.29, 1.82) is 0 Å². The van der Waals surface area contributed by atoms with Gasteiger partial charge in [-0.05, 0) is 36.6 Å². The van der Waals surface area contributed by atoms with Gasteiger partial charge in [-0.15, -0.1) is 0 Å². The SMILES string of the molecule is O=C(Nc1ccccc1Cc1nc(C2CC2)no1)c1ccccc1F. The minimum atomic E-state index is -0.552. The zero-order chi connectivity index (χ0) is 17.2. The number of carbonyl (C=O) groups excluding carboxylic acids is 1. The number of hydrogen-bond donors (Lipinski definition) is 1. The van der Waals surface area contributed by atoms with Crippen LogP contribution in [0.4, 0.5) is 10.1 Å². The zero-order valence-corrected chi connectivity index (χ0v) is 13.4. The summed E-state index contributed by atoms with van der Waals surface area (Å²) >= 11 is 0. The summed E-state index contributed by atoms with van der Waals surface area (Å²) in [7, 11) is 0. The Morgan fingerprint density at radius 1 is 1.16 bits per heavy atom. The highest BCUT2D eigenvalue weighted by Crippen LogP contribution is 2.38. The number of aromatic nitrogens is 2. The fourth-order valence-corrected chi connectivity index (χ4v) is 2.64. The highest BCUT2D eigenvalue weighted by atomic mass is 19.1. The Kier molecular flexibility index (Phi) is 4.01. The number of rotatable bonds is 5. The molecule has 0 unspecified atom stereocenters. The Balaban J connectivity index is 1.54. The fraction of sp³-hybridized carbons (Fsp3) is 0.211. The molecule has 0 aliphatic heterocycles. The number of anilines is 1. The van der Waals surface area contributed by atoms with E-state index in [1.165, 1.54) is 12.1 Å². The molecule has 1 heterocycles. The molecule has 1 fully saturated rings. The van der Waals surface area contributed by atoms with Crippen molar-refractivity contribution in [2.45, 2.75) is 25.2 Å². The number of halogens is 1. The summed E-state index contributed by atoms with van der Waals surface area (Å²) in [5.74, 6) is 0.643. The van der Waals surface area contributed by atoms with E-state index < -0.39 is 11.7 Å². The van der Waals surface area contributed by atoms with E-state index in [9.17, 15) is 9.18 Å². The molecule has 3 aromatic rings. The molecular weight excluding hydrogens is 321 g/mol. The lowest BCUT2D eigenvalue weighted by Crippen LogP contribution is -2.15.